The van der Waals surface area contributed by atoms with Crippen molar-refractivity contribution in [2.45, 2.75) is 23.8 Å². The maximum atomic E-state index is 13.3. The fraction of sp³-hybridized carbons (Fsp3) is 0.286. The van der Waals surface area contributed by atoms with Crippen molar-refractivity contribution < 1.29 is 22.0 Å². The third-order valence-corrected chi connectivity index (χ3v) is 5.32. The Morgan fingerprint density at radius 1 is 1.21 bits per heavy atom. The van der Waals surface area contributed by atoms with E-state index in [1.165, 1.54) is 4.90 Å². The summed E-state index contributed by atoms with van der Waals surface area (Å²) in [7, 11) is -4.38. The maximum absolute atomic E-state index is 13.3. The van der Waals surface area contributed by atoms with Crippen molar-refractivity contribution in [3.63, 3.8) is 0 Å². The van der Waals surface area contributed by atoms with Gasteiger partial charge in [-0.3, -0.25) is 0 Å². The average Bonchev–Trinajstić information content (AvgIpc) is 2.90. The third kappa shape index (κ3) is 3.41. The predicted octanol–water partition coefficient (Wildman–Crippen LogP) is 2.96. The zero-order valence-electron chi connectivity index (χ0n) is 12.8. The van der Waals surface area contributed by atoms with Gasteiger partial charge >= 0.3 is 6.03 Å². The van der Waals surface area contributed by atoms with Crippen molar-refractivity contribution in [1.82, 2.24) is 14.7 Å². The topological polar surface area (TPSA) is 72.3 Å². The number of amides is 1. The molecule has 1 aromatic carbocycles. The molecule has 0 fully saturated rings. The van der Waals surface area contributed by atoms with E-state index in [9.17, 15) is 22.0 Å². The number of aromatic nitrogens is 2. The highest BCUT2D eigenvalue weighted by Crippen LogP contribution is 2.27. The van der Waals surface area contributed by atoms with Crippen molar-refractivity contribution in [2.75, 3.05) is 13.1 Å². The Labute approximate surface area is 142 Å². The molecule has 0 N–H and O–H groups in total. The lowest BCUT2D eigenvalue weighted by atomic mass is 10.3. The van der Waals surface area contributed by atoms with E-state index in [2.05, 4.69) is 5.10 Å². The molecule has 0 saturated carbocycles. The Morgan fingerprint density at radius 3 is 2.25 bits per heavy atom. The first-order valence-corrected chi connectivity index (χ1v) is 8.82. The molecule has 0 aliphatic heterocycles. The normalized spacial score (nSPS) is 11.5. The van der Waals surface area contributed by atoms with Crippen LogP contribution < -0.4 is 0 Å². The molecule has 24 heavy (non-hydrogen) atoms. The van der Waals surface area contributed by atoms with Gasteiger partial charge in [0, 0.05) is 19.2 Å². The highest BCUT2D eigenvalue weighted by molar-refractivity contribution is 7.91. The molecular weight excluding hydrogens is 364 g/mol. The summed E-state index contributed by atoms with van der Waals surface area (Å²) in [6.45, 7) is 4.29. The van der Waals surface area contributed by atoms with Crippen LogP contribution in [0, 0.1) is 11.6 Å². The van der Waals surface area contributed by atoms with Crippen LogP contribution in [0.2, 0.25) is 5.02 Å². The lowest BCUT2D eigenvalue weighted by Crippen LogP contribution is -2.34. The first kappa shape index (κ1) is 18.3. The lowest BCUT2D eigenvalue weighted by molar-refractivity contribution is 0.201. The van der Waals surface area contributed by atoms with Crippen molar-refractivity contribution in [2.24, 2.45) is 0 Å². The minimum atomic E-state index is -4.38. The summed E-state index contributed by atoms with van der Waals surface area (Å²) in [5, 5.41) is 2.73. The molecule has 0 bridgehead atoms. The molecule has 6 nitrogen and oxygen atoms in total. The van der Waals surface area contributed by atoms with Crippen molar-refractivity contribution in [3.8, 4) is 0 Å². The SMILES string of the molecule is CCN(CC)C(=O)n1cc(Cl)c(S(=O)(=O)c2cc(F)cc(F)c2)n1. The molecule has 130 valence electrons. The molecule has 2 aromatic rings. The molecular formula is C14H14ClF2N3O3S. The second-order valence-corrected chi connectivity index (χ2v) is 7.06. The summed E-state index contributed by atoms with van der Waals surface area (Å²) in [5.74, 6) is -2.10. The monoisotopic (exact) mass is 377 g/mol. The maximum Gasteiger partial charge on any atom is 0.344 e. The van der Waals surface area contributed by atoms with Crippen molar-refractivity contribution in [1.29, 1.82) is 0 Å². The molecule has 1 heterocycles. The summed E-state index contributed by atoms with van der Waals surface area (Å²) < 4.78 is 52.3. The first-order chi connectivity index (χ1) is 11.2. The number of carbonyl (C=O) groups is 1. The van der Waals surface area contributed by atoms with Gasteiger partial charge in [-0.1, -0.05) is 11.6 Å². The summed E-state index contributed by atoms with van der Waals surface area (Å²) in [5.41, 5.74) is 0. The number of sulfone groups is 1. The van der Waals surface area contributed by atoms with Crippen LogP contribution in [0.25, 0.3) is 0 Å². The van der Waals surface area contributed by atoms with E-state index < -0.39 is 37.4 Å². The Bertz CT molecular complexity index is 859. The van der Waals surface area contributed by atoms with Crippen LogP contribution in [-0.2, 0) is 9.84 Å². The highest BCUT2D eigenvalue weighted by atomic mass is 35.5. The van der Waals surface area contributed by atoms with E-state index in [1.54, 1.807) is 13.8 Å². The number of hydrogen-bond donors (Lipinski definition) is 0. The summed E-state index contributed by atoms with van der Waals surface area (Å²) >= 11 is 5.87. The minimum Gasteiger partial charge on any atom is -0.323 e. The quantitative estimate of drug-likeness (QED) is 0.821. The van der Waals surface area contributed by atoms with Crippen LogP contribution in [0.15, 0.2) is 34.3 Å². The molecule has 0 unspecified atom stereocenters. The molecule has 10 heteroatoms. The van der Waals surface area contributed by atoms with Gasteiger partial charge in [-0.2, -0.15) is 9.78 Å². The number of nitrogens with zero attached hydrogens (tertiary/aromatic N) is 3. The van der Waals surface area contributed by atoms with E-state index in [4.69, 9.17) is 11.6 Å². The van der Waals surface area contributed by atoms with Gasteiger partial charge in [0.2, 0.25) is 14.9 Å². The van der Waals surface area contributed by atoms with Crippen LogP contribution in [0.1, 0.15) is 13.8 Å². The molecule has 1 aromatic heterocycles. The van der Waals surface area contributed by atoms with Crippen LogP contribution in [0.5, 0.6) is 0 Å². The molecule has 0 spiro atoms. The van der Waals surface area contributed by atoms with Gasteiger partial charge in [-0.05, 0) is 26.0 Å². The van der Waals surface area contributed by atoms with Crippen LogP contribution in [0.3, 0.4) is 0 Å². The van der Waals surface area contributed by atoms with Gasteiger partial charge in [-0.15, -0.1) is 0 Å². The van der Waals surface area contributed by atoms with Gasteiger partial charge in [-0.25, -0.2) is 22.0 Å². The lowest BCUT2D eigenvalue weighted by Gasteiger charge is -2.17. The fourth-order valence-electron chi connectivity index (χ4n) is 2.05. The highest BCUT2D eigenvalue weighted by Gasteiger charge is 2.28. The molecule has 0 saturated heterocycles. The average molecular weight is 378 g/mol. The van der Waals surface area contributed by atoms with Gasteiger partial charge in [0.15, 0.2) is 0 Å². The second-order valence-electron chi connectivity index (χ2n) is 4.79. The zero-order valence-corrected chi connectivity index (χ0v) is 14.4. The number of benzene rings is 1. The summed E-state index contributed by atoms with van der Waals surface area (Å²) in [6, 6.07) is 1.29. The zero-order chi connectivity index (χ0) is 18.1. The van der Waals surface area contributed by atoms with Gasteiger partial charge in [0.05, 0.1) is 16.1 Å². The summed E-state index contributed by atoms with van der Waals surface area (Å²) in [4.78, 5) is 13.0. The molecule has 0 aliphatic carbocycles. The molecule has 0 atom stereocenters. The number of hydrogen-bond acceptors (Lipinski definition) is 4. The van der Waals surface area contributed by atoms with Crippen LogP contribution >= 0.6 is 11.6 Å². The second kappa shape index (κ2) is 6.86. The molecule has 0 aliphatic rings. The molecule has 1 amide bonds. The van der Waals surface area contributed by atoms with Gasteiger partial charge < -0.3 is 4.90 Å². The van der Waals surface area contributed by atoms with Crippen molar-refractivity contribution >= 4 is 27.5 Å². The molecule has 0 radical (unpaired) electrons. The number of halogens is 3. The predicted molar refractivity (Wildman–Crippen MR) is 82.8 cm³/mol. The van der Waals surface area contributed by atoms with Crippen LogP contribution in [-0.4, -0.2) is 42.2 Å². The Balaban J connectivity index is 2.51. The standard InChI is InChI=1S/C14H14ClF2N3O3S/c1-3-19(4-2)14(21)20-8-12(15)13(18-20)24(22,23)11-6-9(16)5-10(17)7-11/h5-8H,3-4H2,1-2H3. The largest absolute Gasteiger partial charge is 0.344 e. The Hall–Kier alpha value is -2.00. The fourth-order valence-corrected chi connectivity index (χ4v) is 3.75. The van der Waals surface area contributed by atoms with Gasteiger partial charge in [0.1, 0.15) is 11.6 Å². The van der Waals surface area contributed by atoms with E-state index in [1.807, 2.05) is 0 Å². The number of rotatable bonds is 4. The first-order valence-electron chi connectivity index (χ1n) is 6.96. The smallest absolute Gasteiger partial charge is 0.323 e. The van der Waals surface area contributed by atoms with Gasteiger partial charge in [0.25, 0.3) is 0 Å². The van der Waals surface area contributed by atoms with E-state index in [-0.39, 0.29) is 5.02 Å². The van der Waals surface area contributed by atoms with E-state index >= 15 is 0 Å². The van der Waals surface area contributed by atoms with E-state index in [0.717, 1.165) is 10.9 Å². The third-order valence-electron chi connectivity index (χ3n) is 3.27. The summed E-state index contributed by atoms with van der Waals surface area (Å²) in [6.07, 6.45) is 1.05. The van der Waals surface area contributed by atoms with Crippen molar-refractivity contribution in [3.05, 3.63) is 41.1 Å². The van der Waals surface area contributed by atoms with Crippen LogP contribution in [0.4, 0.5) is 13.6 Å². The molecule has 2 rings (SSSR count). The number of carbonyl (C=O) groups excluding carboxylic acids is 1. The minimum absolute atomic E-state index is 0.319. The Kier molecular flexibility index (Phi) is 5.24. The van der Waals surface area contributed by atoms with E-state index in [0.29, 0.717) is 31.3 Å². The Morgan fingerprint density at radius 2 is 1.75 bits per heavy atom.